The van der Waals surface area contributed by atoms with E-state index in [1.807, 2.05) is 12.1 Å². The molecule has 3 rings (SSSR count). The van der Waals surface area contributed by atoms with Crippen LogP contribution in [0.1, 0.15) is 42.5 Å². The number of hydrogen-bond acceptors (Lipinski definition) is 4. The summed E-state index contributed by atoms with van der Waals surface area (Å²) in [6.07, 6.45) is 7.37. The van der Waals surface area contributed by atoms with E-state index in [1.165, 1.54) is 19.3 Å². The van der Waals surface area contributed by atoms with Crippen molar-refractivity contribution in [2.24, 2.45) is 0 Å². The van der Waals surface area contributed by atoms with Crippen LogP contribution in [0.15, 0.2) is 18.2 Å². The van der Waals surface area contributed by atoms with Crippen LogP contribution in [0, 0.1) is 0 Å². The molecule has 0 unspecified atom stereocenters. The third-order valence-electron chi connectivity index (χ3n) is 4.70. The molecule has 1 heterocycles. The van der Waals surface area contributed by atoms with Gasteiger partial charge in [-0.05, 0) is 37.8 Å². The molecule has 1 aliphatic heterocycles. The van der Waals surface area contributed by atoms with Gasteiger partial charge in [0.1, 0.15) is 17.6 Å². The third-order valence-corrected chi connectivity index (χ3v) is 4.70. The number of rotatable bonds is 5. The second kappa shape index (κ2) is 6.48. The first kappa shape index (κ1) is 14.4. The number of carbonyl (C=O) groups excluding carboxylic acids is 1. The number of likely N-dealkylation sites (tertiary alicyclic amines) is 1. The number of ether oxygens (including phenoxy) is 2. The Labute approximate surface area is 126 Å². The summed E-state index contributed by atoms with van der Waals surface area (Å²) in [5.74, 6) is 1.37. The standard InChI is InChI=1S/C17H23NO3/c1-20-17-11-16(6-5-13(17)12-19)21-15-7-9-18(10-8-15)14-3-2-4-14/h5-6,11-12,14-15H,2-4,7-10H2,1H3. The van der Waals surface area contributed by atoms with Crippen LogP contribution in [-0.4, -0.2) is 43.5 Å². The van der Waals surface area contributed by atoms with Crippen molar-refractivity contribution >= 4 is 6.29 Å². The molecule has 0 atom stereocenters. The molecule has 21 heavy (non-hydrogen) atoms. The molecule has 114 valence electrons. The molecule has 0 N–H and O–H groups in total. The van der Waals surface area contributed by atoms with E-state index in [1.54, 1.807) is 13.2 Å². The van der Waals surface area contributed by atoms with Gasteiger partial charge in [0.25, 0.3) is 0 Å². The second-order valence-corrected chi connectivity index (χ2v) is 5.96. The molecule has 1 aromatic rings. The van der Waals surface area contributed by atoms with E-state index >= 15 is 0 Å². The van der Waals surface area contributed by atoms with E-state index < -0.39 is 0 Å². The lowest BCUT2D eigenvalue weighted by Crippen LogP contribution is -2.46. The average molecular weight is 289 g/mol. The van der Waals surface area contributed by atoms with Gasteiger partial charge in [-0.25, -0.2) is 0 Å². The minimum absolute atomic E-state index is 0.271. The molecule has 0 amide bonds. The molecule has 0 bridgehead atoms. The highest BCUT2D eigenvalue weighted by Crippen LogP contribution is 2.29. The Hall–Kier alpha value is -1.55. The fraction of sp³-hybridized carbons (Fsp3) is 0.588. The largest absolute Gasteiger partial charge is 0.496 e. The molecular weight excluding hydrogens is 266 g/mol. The predicted molar refractivity (Wildman–Crippen MR) is 81.2 cm³/mol. The first-order valence-electron chi connectivity index (χ1n) is 7.84. The lowest BCUT2D eigenvalue weighted by atomic mass is 9.90. The van der Waals surface area contributed by atoms with Crippen LogP contribution in [0.3, 0.4) is 0 Å². The molecule has 0 spiro atoms. The fourth-order valence-electron chi connectivity index (χ4n) is 3.17. The fourth-order valence-corrected chi connectivity index (χ4v) is 3.17. The molecule has 1 aliphatic carbocycles. The summed E-state index contributed by atoms with van der Waals surface area (Å²) >= 11 is 0. The van der Waals surface area contributed by atoms with E-state index in [-0.39, 0.29) is 6.10 Å². The summed E-state index contributed by atoms with van der Waals surface area (Å²) in [5.41, 5.74) is 0.560. The van der Waals surface area contributed by atoms with E-state index in [9.17, 15) is 4.79 Å². The summed E-state index contributed by atoms with van der Waals surface area (Å²) in [5, 5.41) is 0. The van der Waals surface area contributed by atoms with Crippen molar-refractivity contribution in [1.82, 2.24) is 4.90 Å². The van der Waals surface area contributed by atoms with Gasteiger partial charge in [0.2, 0.25) is 0 Å². The number of carbonyl (C=O) groups is 1. The van der Waals surface area contributed by atoms with Crippen LogP contribution >= 0.6 is 0 Å². The minimum atomic E-state index is 0.271. The highest BCUT2D eigenvalue weighted by Gasteiger charge is 2.29. The van der Waals surface area contributed by atoms with Crippen LogP contribution in [0.5, 0.6) is 11.5 Å². The van der Waals surface area contributed by atoms with E-state index in [4.69, 9.17) is 9.47 Å². The third kappa shape index (κ3) is 3.21. The Bertz CT molecular complexity index is 491. The molecule has 1 aromatic carbocycles. The lowest BCUT2D eigenvalue weighted by Gasteiger charge is -2.41. The van der Waals surface area contributed by atoms with E-state index in [2.05, 4.69) is 4.90 Å². The molecule has 4 nitrogen and oxygen atoms in total. The number of nitrogens with zero attached hydrogens (tertiary/aromatic N) is 1. The normalized spacial score (nSPS) is 20.8. The van der Waals surface area contributed by atoms with Crippen LogP contribution in [-0.2, 0) is 0 Å². The summed E-state index contributed by atoms with van der Waals surface area (Å²) in [7, 11) is 1.57. The van der Waals surface area contributed by atoms with E-state index in [0.717, 1.165) is 44.0 Å². The quantitative estimate of drug-likeness (QED) is 0.781. The minimum Gasteiger partial charge on any atom is -0.496 e. The molecule has 1 saturated heterocycles. The molecule has 0 aromatic heterocycles. The Morgan fingerprint density at radius 2 is 1.95 bits per heavy atom. The zero-order chi connectivity index (χ0) is 14.7. The van der Waals surface area contributed by atoms with Gasteiger partial charge in [-0.2, -0.15) is 0 Å². The number of methoxy groups -OCH3 is 1. The molecule has 4 heteroatoms. The highest BCUT2D eigenvalue weighted by atomic mass is 16.5. The maximum absolute atomic E-state index is 10.9. The average Bonchev–Trinajstić information content (AvgIpc) is 2.47. The Morgan fingerprint density at radius 1 is 1.19 bits per heavy atom. The van der Waals surface area contributed by atoms with Gasteiger partial charge in [-0.3, -0.25) is 4.79 Å². The van der Waals surface area contributed by atoms with Crippen LogP contribution in [0.4, 0.5) is 0 Å². The Balaban J connectivity index is 1.56. The second-order valence-electron chi connectivity index (χ2n) is 5.96. The van der Waals surface area contributed by atoms with Crippen molar-refractivity contribution in [2.45, 2.75) is 44.2 Å². The number of aldehydes is 1. The summed E-state index contributed by atoms with van der Waals surface area (Å²) in [6, 6.07) is 6.25. The Kier molecular flexibility index (Phi) is 4.44. The van der Waals surface area contributed by atoms with Gasteiger partial charge in [0.15, 0.2) is 6.29 Å². The molecule has 1 saturated carbocycles. The lowest BCUT2D eigenvalue weighted by molar-refractivity contribution is 0.0492. The molecule has 2 aliphatic rings. The first-order valence-corrected chi connectivity index (χ1v) is 7.84. The number of benzene rings is 1. The maximum atomic E-state index is 10.9. The summed E-state index contributed by atoms with van der Waals surface area (Å²) in [6.45, 7) is 2.28. The van der Waals surface area contributed by atoms with Crippen molar-refractivity contribution in [2.75, 3.05) is 20.2 Å². The zero-order valence-corrected chi connectivity index (χ0v) is 12.6. The van der Waals surface area contributed by atoms with E-state index in [0.29, 0.717) is 11.3 Å². The van der Waals surface area contributed by atoms with Crippen molar-refractivity contribution in [3.63, 3.8) is 0 Å². The van der Waals surface area contributed by atoms with Gasteiger partial charge in [-0.15, -0.1) is 0 Å². The molecule has 0 radical (unpaired) electrons. The summed E-state index contributed by atoms with van der Waals surface area (Å²) in [4.78, 5) is 13.5. The smallest absolute Gasteiger partial charge is 0.153 e. The van der Waals surface area contributed by atoms with Crippen LogP contribution in [0.2, 0.25) is 0 Å². The Morgan fingerprint density at radius 3 is 2.52 bits per heavy atom. The van der Waals surface area contributed by atoms with Crippen LogP contribution in [0.25, 0.3) is 0 Å². The first-order chi connectivity index (χ1) is 10.3. The zero-order valence-electron chi connectivity index (χ0n) is 12.6. The predicted octanol–water partition coefficient (Wildman–Crippen LogP) is 2.90. The molecule has 2 fully saturated rings. The summed E-state index contributed by atoms with van der Waals surface area (Å²) < 4.78 is 11.3. The van der Waals surface area contributed by atoms with Gasteiger partial charge in [0, 0.05) is 25.2 Å². The van der Waals surface area contributed by atoms with Gasteiger partial charge >= 0.3 is 0 Å². The topological polar surface area (TPSA) is 38.8 Å². The molecular formula is C17H23NO3. The maximum Gasteiger partial charge on any atom is 0.153 e. The van der Waals surface area contributed by atoms with Crippen molar-refractivity contribution in [3.8, 4) is 11.5 Å². The highest BCUT2D eigenvalue weighted by molar-refractivity contribution is 5.79. The van der Waals surface area contributed by atoms with Crippen molar-refractivity contribution in [1.29, 1.82) is 0 Å². The van der Waals surface area contributed by atoms with Crippen molar-refractivity contribution in [3.05, 3.63) is 23.8 Å². The number of piperidine rings is 1. The SMILES string of the molecule is COc1cc(OC2CCN(C3CCC3)CC2)ccc1C=O. The van der Waals surface area contributed by atoms with Crippen LogP contribution < -0.4 is 9.47 Å². The number of hydrogen-bond donors (Lipinski definition) is 0. The monoisotopic (exact) mass is 289 g/mol. The van der Waals surface area contributed by atoms with Gasteiger partial charge in [-0.1, -0.05) is 6.42 Å². The van der Waals surface area contributed by atoms with Gasteiger partial charge < -0.3 is 14.4 Å². The van der Waals surface area contributed by atoms with Crippen molar-refractivity contribution < 1.29 is 14.3 Å². The van der Waals surface area contributed by atoms with Gasteiger partial charge in [0.05, 0.1) is 12.7 Å².